The molecule has 0 aliphatic rings. The van der Waals surface area contributed by atoms with Crippen molar-refractivity contribution in [1.82, 2.24) is 5.32 Å². The van der Waals surface area contributed by atoms with Gasteiger partial charge < -0.3 is 14.8 Å². The maximum absolute atomic E-state index is 10.5. The number of hydrogen-bond donors (Lipinski definition) is 2. The SMILES string of the molecule is Cc1ccoc1[C@H](CC(=O)O)NC=O. The highest BCUT2D eigenvalue weighted by Gasteiger charge is 2.19. The lowest BCUT2D eigenvalue weighted by Crippen LogP contribution is -2.22. The molecule has 5 nitrogen and oxygen atoms in total. The number of furan rings is 1. The van der Waals surface area contributed by atoms with Gasteiger partial charge in [-0.2, -0.15) is 0 Å². The molecule has 0 radical (unpaired) electrons. The van der Waals surface area contributed by atoms with Crippen molar-refractivity contribution in [2.75, 3.05) is 0 Å². The van der Waals surface area contributed by atoms with Crippen LogP contribution >= 0.6 is 0 Å². The average molecular weight is 197 g/mol. The van der Waals surface area contributed by atoms with E-state index in [0.717, 1.165) is 5.56 Å². The van der Waals surface area contributed by atoms with Crippen LogP contribution in [0.2, 0.25) is 0 Å². The molecule has 14 heavy (non-hydrogen) atoms. The molecule has 76 valence electrons. The summed E-state index contributed by atoms with van der Waals surface area (Å²) in [5.74, 6) is -0.500. The number of carbonyl (C=O) groups is 2. The zero-order chi connectivity index (χ0) is 10.6. The van der Waals surface area contributed by atoms with Crippen LogP contribution in [0, 0.1) is 6.92 Å². The van der Waals surface area contributed by atoms with Crippen molar-refractivity contribution in [3.8, 4) is 0 Å². The third kappa shape index (κ3) is 2.35. The summed E-state index contributed by atoms with van der Waals surface area (Å²) in [5.41, 5.74) is 0.825. The van der Waals surface area contributed by atoms with Crippen LogP contribution in [0.1, 0.15) is 23.8 Å². The van der Waals surface area contributed by atoms with E-state index in [1.54, 1.807) is 13.0 Å². The van der Waals surface area contributed by atoms with Gasteiger partial charge in [0, 0.05) is 0 Å². The van der Waals surface area contributed by atoms with Crippen molar-refractivity contribution < 1.29 is 19.1 Å². The van der Waals surface area contributed by atoms with E-state index in [0.29, 0.717) is 12.2 Å². The van der Waals surface area contributed by atoms with Crippen LogP contribution in [0.25, 0.3) is 0 Å². The second kappa shape index (κ2) is 4.45. The quantitative estimate of drug-likeness (QED) is 0.686. The largest absolute Gasteiger partial charge is 0.481 e. The molecule has 1 aromatic heterocycles. The van der Waals surface area contributed by atoms with E-state index in [-0.39, 0.29) is 6.42 Å². The molecular formula is C9H11NO4. The van der Waals surface area contributed by atoms with Gasteiger partial charge in [0.15, 0.2) is 0 Å². The average Bonchev–Trinajstić information content (AvgIpc) is 2.50. The molecule has 1 aromatic rings. The standard InChI is InChI=1S/C9H11NO4/c1-6-2-3-14-9(6)7(10-5-11)4-8(12)13/h2-3,5,7H,4H2,1H3,(H,10,11)(H,12,13)/t7-/m0/s1. The van der Waals surface area contributed by atoms with Gasteiger partial charge in [0.2, 0.25) is 6.41 Å². The Morgan fingerprint density at radius 1 is 1.79 bits per heavy atom. The van der Waals surface area contributed by atoms with E-state index in [4.69, 9.17) is 9.52 Å². The zero-order valence-corrected chi connectivity index (χ0v) is 7.69. The Morgan fingerprint density at radius 3 is 2.93 bits per heavy atom. The molecular weight excluding hydrogens is 186 g/mol. The van der Waals surface area contributed by atoms with Gasteiger partial charge in [0.25, 0.3) is 0 Å². The first kappa shape index (κ1) is 10.3. The molecule has 0 aliphatic carbocycles. The summed E-state index contributed by atoms with van der Waals surface area (Å²) >= 11 is 0. The van der Waals surface area contributed by atoms with Crippen LogP contribution in [0.4, 0.5) is 0 Å². The van der Waals surface area contributed by atoms with Crippen molar-refractivity contribution >= 4 is 12.4 Å². The van der Waals surface area contributed by atoms with Crippen molar-refractivity contribution in [2.45, 2.75) is 19.4 Å². The molecule has 0 spiro atoms. The van der Waals surface area contributed by atoms with Gasteiger partial charge in [-0.15, -0.1) is 0 Å². The van der Waals surface area contributed by atoms with E-state index in [2.05, 4.69) is 5.32 Å². The highest BCUT2D eigenvalue weighted by molar-refractivity contribution is 5.68. The zero-order valence-electron chi connectivity index (χ0n) is 7.69. The number of carboxylic acids is 1. The van der Waals surface area contributed by atoms with Crippen molar-refractivity contribution in [2.24, 2.45) is 0 Å². The van der Waals surface area contributed by atoms with Gasteiger partial charge in [-0.1, -0.05) is 0 Å². The summed E-state index contributed by atoms with van der Waals surface area (Å²) in [6.07, 6.45) is 1.74. The van der Waals surface area contributed by atoms with Crippen molar-refractivity contribution in [3.63, 3.8) is 0 Å². The van der Waals surface area contributed by atoms with Crippen molar-refractivity contribution in [3.05, 3.63) is 23.7 Å². The predicted molar refractivity (Wildman–Crippen MR) is 47.6 cm³/mol. The van der Waals surface area contributed by atoms with Crippen LogP contribution in [0.3, 0.4) is 0 Å². The fourth-order valence-corrected chi connectivity index (χ4v) is 1.23. The first-order valence-corrected chi connectivity index (χ1v) is 4.10. The van der Waals surface area contributed by atoms with Gasteiger partial charge in [0.05, 0.1) is 18.7 Å². The van der Waals surface area contributed by atoms with E-state index in [1.165, 1.54) is 6.26 Å². The summed E-state index contributed by atoms with van der Waals surface area (Å²) in [6, 6.07) is 1.12. The van der Waals surface area contributed by atoms with Crippen LogP contribution in [-0.2, 0) is 9.59 Å². The lowest BCUT2D eigenvalue weighted by molar-refractivity contribution is -0.137. The maximum atomic E-state index is 10.5. The third-order valence-electron chi connectivity index (χ3n) is 1.87. The molecule has 1 rings (SSSR count). The molecule has 1 amide bonds. The number of carbonyl (C=O) groups excluding carboxylic acids is 1. The summed E-state index contributed by atoms with van der Waals surface area (Å²) in [6.45, 7) is 1.79. The summed E-state index contributed by atoms with van der Waals surface area (Å²) in [4.78, 5) is 20.8. The number of amides is 1. The number of nitrogens with one attached hydrogen (secondary N) is 1. The minimum absolute atomic E-state index is 0.187. The second-order valence-electron chi connectivity index (χ2n) is 2.90. The number of aliphatic carboxylic acids is 1. The minimum Gasteiger partial charge on any atom is -0.481 e. The number of hydrogen-bond acceptors (Lipinski definition) is 3. The molecule has 0 unspecified atom stereocenters. The summed E-state index contributed by atoms with van der Waals surface area (Å²) in [5, 5.41) is 11.0. The highest BCUT2D eigenvalue weighted by Crippen LogP contribution is 2.20. The van der Waals surface area contributed by atoms with Gasteiger partial charge >= 0.3 is 5.97 Å². The van der Waals surface area contributed by atoms with E-state index >= 15 is 0 Å². The Balaban J connectivity index is 2.82. The first-order valence-electron chi connectivity index (χ1n) is 4.10. The molecule has 0 saturated carbocycles. The third-order valence-corrected chi connectivity index (χ3v) is 1.87. The second-order valence-corrected chi connectivity index (χ2v) is 2.90. The summed E-state index contributed by atoms with van der Waals surface area (Å²) in [7, 11) is 0. The maximum Gasteiger partial charge on any atom is 0.305 e. The molecule has 1 atom stereocenters. The molecule has 2 N–H and O–H groups in total. The predicted octanol–water partition coefficient (Wildman–Crippen LogP) is 0.850. The molecule has 0 saturated heterocycles. The Hall–Kier alpha value is -1.78. The van der Waals surface area contributed by atoms with Gasteiger partial charge in [-0.25, -0.2) is 0 Å². The molecule has 0 aliphatic heterocycles. The van der Waals surface area contributed by atoms with E-state index in [1.807, 2.05) is 0 Å². The Morgan fingerprint density at radius 2 is 2.50 bits per heavy atom. The minimum atomic E-state index is -0.986. The highest BCUT2D eigenvalue weighted by atomic mass is 16.4. The molecule has 5 heteroatoms. The Kier molecular flexibility index (Phi) is 3.28. The smallest absolute Gasteiger partial charge is 0.305 e. The van der Waals surface area contributed by atoms with Crippen molar-refractivity contribution in [1.29, 1.82) is 0 Å². The molecule has 0 aromatic carbocycles. The molecule has 0 fully saturated rings. The van der Waals surface area contributed by atoms with Crippen LogP contribution in [0.15, 0.2) is 16.7 Å². The Labute approximate surface area is 80.7 Å². The normalized spacial score (nSPS) is 12.1. The van der Waals surface area contributed by atoms with Crippen LogP contribution in [-0.4, -0.2) is 17.5 Å². The monoisotopic (exact) mass is 197 g/mol. The van der Waals surface area contributed by atoms with Gasteiger partial charge in [-0.05, 0) is 18.6 Å². The number of carboxylic acid groups (broad SMARTS) is 1. The lowest BCUT2D eigenvalue weighted by atomic mass is 10.1. The molecule has 1 heterocycles. The topological polar surface area (TPSA) is 79.5 Å². The van der Waals surface area contributed by atoms with Gasteiger partial charge in [-0.3, -0.25) is 9.59 Å². The van der Waals surface area contributed by atoms with Crippen LogP contribution in [0.5, 0.6) is 0 Å². The van der Waals surface area contributed by atoms with E-state index in [9.17, 15) is 9.59 Å². The number of rotatable bonds is 5. The summed E-state index contributed by atoms with van der Waals surface area (Å²) < 4.78 is 5.10. The van der Waals surface area contributed by atoms with Crippen LogP contribution < -0.4 is 5.32 Å². The van der Waals surface area contributed by atoms with E-state index < -0.39 is 12.0 Å². The lowest BCUT2D eigenvalue weighted by Gasteiger charge is -2.11. The molecule has 0 bridgehead atoms. The van der Waals surface area contributed by atoms with Gasteiger partial charge in [0.1, 0.15) is 5.76 Å². The fourth-order valence-electron chi connectivity index (χ4n) is 1.23. The first-order chi connectivity index (χ1) is 6.65. The number of aryl methyl sites for hydroxylation is 1. The fraction of sp³-hybridized carbons (Fsp3) is 0.333. The Bertz CT molecular complexity index is 331.